The molecule has 1 aromatic heterocycles. The minimum Gasteiger partial charge on any atom is -0.206 e. The van der Waals surface area contributed by atoms with Gasteiger partial charge in [-0.1, -0.05) is 20.8 Å². The summed E-state index contributed by atoms with van der Waals surface area (Å²) in [6, 6.07) is 1.76. The third kappa shape index (κ3) is 3.29. The molecule has 0 radical (unpaired) electrons. The lowest BCUT2D eigenvalue weighted by atomic mass is 9.76. The van der Waals surface area contributed by atoms with Crippen molar-refractivity contribution in [2.75, 3.05) is 13.1 Å². The van der Waals surface area contributed by atoms with E-state index in [0.717, 1.165) is 22.2 Å². The van der Waals surface area contributed by atoms with Crippen molar-refractivity contribution in [1.82, 2.24) is 4.31 Å². The molecule has 114 valence electrons. The Balaban J connectivity index is 2.13. The Hall–Kier alpha value is 0.0900. The Morgan fingerprint density at radius 3 is 2.25 bits per heavy atom. The Bertz CT molecular complexity index is 559. The number of thiophene rings is 1. The summed E-state index contributed by atoms with van der Waals surface area (Å²) in [5.74, 6) is 0.603. The van der Waals surface area contributed by atoms with E-state index >= 15 is 0 Å². The van der Waals surface area contributed by atoms with E-state index in [-0.39, 0.29) is 5.41 Å². The standard InChI is InChI=1S/C14H22BrNO2S2/c1-10-9-12(19-13(10)15)20(17,18)16-7-5-11(6-8-16)14(2,3)4/h9,11H,5-8H2,1-4H3. The molecule has 1 aromatic rings. The van der Waals surface area contributed by atoms with Crippen molar-refractivity contribution >= 4 is 37.3 Å². The van der Waals surface area contributed by atoms with Crippen LogP contribution in [0, 0.1) is 18.3 Å². The molecule has 0 bridgehead atoms. The SMILES string of the molecule is Cc1cc(S(=O)(=O)N2CCC(C(C)(C)C)CC2)sc1Br. The second-order valence-corrected chi connectivity index (χ2v) is 11.1. The predicted octanol–water partition coefficient (Wildman–Crippen LogP) is 4.27. The van der Waals surface area contributed by atoms with Crippen LogP contribution in [0.25, 0.3) is 0 Å². The van der Waals surface area contributed by atoms with Crippen LogP contribution < -0.4 is 0 Å². The van der Waals surface area contributed by atoms with Crippen molar-refractivity contribution in [2.24, 2.45) is 11.3 Å². The summed E-state index contributed by atoms with van der Waals surface area (Å²) in [6.07, 6.45) is 1.91. The topological polar surface area (TPSA) is 37.4 Å². The van der Waals surface area contributed by atoms with Gasteiger partial charge in [0.25, 0.3) is 10.0 Å². The predicted molar refractivity (Wildman–Crippen MR) is 87.7 cm³/mol. The van der Waals surface area contributed by atoms with Gasteiger partial charge in [0.2, 0.25) is 0 Å². The number of nitrogens with zero attached hydrogens (tertiary/aromatic N) is 1. The van der Waals surface area contributed by atoms with E-state index in [1.165, 1.54) is 11.3 Å². The van der Waals surface area contributed by atoms with E-state index in [9.17, 15) is 8.42 Å². The number of piperidine rings is 1. The number of hydrogen-bond acceptors (Lipinski definition) is 3. The molecule has 6 heteroatoms. The van der Waals surface area contributed by atoms with Crippen LogP contribution in [0.1, 0.15) is 39.2 Å². The van der Waals surface area contributed by atoms with Crippen LogP contribution in [0.4, 0.5) is 0 Å². The van der Waals surface area contributed by atoms with Gasteiger partial charge >= 0.3 is 0 Å². The first-order valence-corrected chi connectivity index (χ1v) is 9.93. The van der Waals surface area contributed by atoms with E-state index in [2.05, 4.69) is 36.7 Å². The van der Waals surface area contributed by atoms with Crippen molar-refractivity contribution in [1.29, 1.82) is 0 Å². The molecular formula is C14H22BrNO2S2. The molecule has 2 rings (SSSR count). The van der Waals surface area contributed by atoms with Gasteiger partial charge in [0.1, 0.15) is 4.21 Å². The maximum Gasteiger partial charge on any atom is 0.252 e. The van der Waals surface area contributed by atoms with Gasteiger partial charge in [0.05, 0.1) is 3.79 Å². The first-order chi connectivity index (χ1) is 9.12. The fourth-order valence-electron chi connectivity index (χ4n) is 2.65. The number of halogens is 1. The third-order valence-electron chi connectivity index (χ3n) is 4.11. The normalized spacial score (nSPS) is 19.4. The zero-order chi connectivity index (χ0) is 15.1. The van der Waals surface area contributed by atoms with Crippen molar-refractivity contribution in [3.05, 3.63) is 15.4 Å². The summed E-state index contributed by atoms with van der Waals surface area (Å²) in [6.45, 7) is 9.91. The van der Waals surface area contributed by atoms with Crippen molar-refractivity contribution < 1.29 is 8.42 Å². The van der Waals surface area contributed by atoms with Crippen LogP contribution in [-0.4, -0.2) is 25.8 Å². The van der Waals surface area contributed by atoms with Gasteiger partial charge in [0, 0.05) is 13.1 Å². The molecule has 0 aromatic carbocycles. The summed E-state index contributed by atoms with van der Waals surface area (Å²) in [7, 11) is -3.31. The summed E-state index contributed by atoms with van der Waals surface area (Å²) in [5.41, 5.74) is 1.25. The quantitative estimate of drug-likeness (QED) is 0.769. The molecule has 1 aliphatic heterocycles. The van der Waals surface area contributed by atoms with Gasteiger partial charge in [-0.3, -0.25) is 0 Å². The highest BCUT2D eigenvalue weighted by Gasteiger charge is 2.34. The largest absolute Gasteiger partial charge is 0.252 e. The van der Waals surface area contributed by atoms with E-state index in [1.807, 2.05) is 6.92 Å². The van der Waals surface area contributed by atoms with Crippen molar-refractivity contribution in [2.45, 2.75) is 44.7 Å². The number of hydrogen-bond donors (Lipinski definition) is 0. The first kappa shape index (κ1) is 16.5. The van der Waals surface area contributed by atoms with Gasteiger partial charge in [-0.2, -0.15) is 4.31 Å². The average Bonchev–Trinajstić information content (AvgIpc) is 2.69. The molecule has 0 atom stereocenters. The summed E-state index contributed by atoms with van der Waals surface area (Å²) in [5, 5.41) is 0. The average molecular weight is 380 g/mol. The zero-order valence-electron chi connectivity index (χ0n) is 12.4. The molecular weight excluding hydrogens is 358 g/mol. The van der Waals surface area contributed by atoms with Crippen LogP contribution in [-0.2, 0) is 10.0 Å². The highest BCUT2D eigenvalue weighted by atomic mass is 79.9. The maximum atomic E-state index is 12.6. The molecule has 0 spiro atoms. The number of sulfonamides is 1. The van der Waals surface area contributed by atoms with Crippen LogP contribution in [0.15, 0.2) is 14.1 Å². The van der Waals surface area contributed by atoms with Crippen LogP contribution in [0.3, 0.4) is 0 Å². The zero-order valence-corrected chi connectivity index (χ0v) is 15.7. The van der Waals surface area contributed by atoms with E-state index < -0.39 is 10.0 Å². The Kier molecular flexibility index (Phi) is 4.70. The van der Waals surface area contributed by atoms with Crippen LogP contribution in [0.5, 0.6) is 0 Å². The van der Waals surface area contributed by atoms with Gasteiger partial charge in [-0.15, -0.1) is 11.3 Å². The molecule has 1 saturated heterocycles. The molecule has 0 aliphatic carbocycles. The second kappa shape index (κ2) is 5.71. The van der Waals surface area contributed by atoms with Crippen LogP contribution in [0.2, 0.25) is 0 Å². The lowest BCUT2D eigenvalue weighted by Crippen LogP contribution is -2.41. The van der Waals surface area contributed by atoms with Gasteiger partial charge in [-0.05, 0) is 58.7 Å². The first-order valence-electron chi connectivity index (χ1n) is 6.88. The molecule has 2 heterocycles. The molecule has 1 aliphatic rings. The van der Waals surface area contributed by atoms with E-state index in [1.54, 1.807) is 10.4 Å². The minimum atomic E-state index is -3.31. The van der Waals surface area contributed by atoms with E-state index in [0.29, 0.717) is 23.2 Å². The highest BCUT2D eigenvalue weighted by Crippen LogP contribution is 2.37. The van der Waals surface area contributed by atoms with Gasteiger partial charge in [0.15, 0.2) is 0 Å². The number of rotatable bonds is 2. The maximum absolute atomic E-state index is 12.6. The van der Waals surface area contributed by atoms with E-state index in [4.69, 9.17) is 0 Å². The molecule has 0 saturated carbocycles. The number of aryl methyl sites for hydroxylation is 1. The van der Waals surface area contributed by atoms with Gasteiger partial charge < -0.3 is 0 Å². The third-order valence-corrected chi connectivity index (χ3v) is 8.59. The second-order valence-electron chi connectivity index (χ2n) is 6.57. The lowest BCUT2D eigenvalue weighted by Gasteiger charge is -2.37. The van der Waals surface area contributed by atoms with Gasteiger partial charge in [-0.25, -0.2) is 8.42 Å². The fraction of sp³-hybridized carbons (Fsp3) is 0.714. The highest BCUT2D eigenvalue weighted by molar-refractivity contribution is 9.11. The molecule has 0 unspecified atom stereocenters. The minimum absolute atomic E-state index is 0.262. The summed E-state index contributed by atoms with van der Waals surface area (Å²) < 4.78 is 28.3. The lowest BCUT2D eigenvalue weighted by molar-refractivity contribution is 0.154. The Morgan fingerprint density at radius 1 is 1.30 bits per heavy atom. The molecule has 1 fully saturated rings. The molecule has 0 N–H and O–H groups in total. The summed E-state index contributed by atoms with van der Waals surface area (Å²) in [4.78, 5) is 0. The van der Waals surface area contributed by atoms with Crippen LogP contribution >= 0.6 is 27.3 Å². The summed E-state index contributed by atoms with van der Waals surface area (Å²) >= 11 is 4.71. The Labute approximate surface area is 134 Å². The van der Waals surface area contributed by atoms with Crippen molar-refractivity contribution in [3.8, 4) is 0 Å². The fourth-order valence-corrected chi connectivity index (χ4v) is 6.50. The smallest absolute Gasteiger partial charge is 0.206 e. The molecule has 20 heavy (non-hydrogen) atoms. The molecule has 3 nitrogen and oxygen atoms in total. The van der Waals surface area contributed by atoms with Crippen molar-refractivity contribution in [3.63, 3.8) is 0 Å². The molecule has 0 amide bonds. The monoisotopic (exact) mass is 379 g/mol. The Morgan fingerprint density at radius 2 is 1.85 bits per heavy atom.